The first-order valence-electron chi connectivity index (χ1n) is 16.9. The Morgan fingerprint density at radius 3 is 2.57 bits per heavy atom. The second-order valence-corrected chi connectivity index (χ2v) is 14.1. The van der Waals surface area contributed by atoms with Gasteiger partial charge in [-0.25, -0.2) is 9.78 Å². The quantitative estimate of drug-likeness (QED) is 0.0854. The van der Waals surface area contributed by atoms with Gasteiger partial charge in [0.2, 0.25) is 5.82 Å². The minimum absolute atomic E-state index is 0.00338. The number of thiazole rings is 1. The van der Waals surface area contributed by atoms with E-state index in [0.717, 1.165) is 52.8 Å². The Hall–Kier alpha value is -5.25. The molecular weight excluding hydrogens is 684 g/mol. The minimum Gasteiger partial charge on any atom is -0.492 e. The Morgan fingerprint density at radius 1 is 1.10 bits per heavy atom. The standard InChI is InChI=1S/C38H39ClN8O3S/c1-5-6-11-33-42-35(39)31(47(33)20-25-12-14-26(15-13-25)29-9-7-8-10-30(29)36-43-45-46-44-36)22-50-38(48)34-24(4)41-37(51-34)27-16-17-32(28(18-27)19-40)49-21-23(2)3/h7-10,12-18,23,33,42H,5-6,11,20-22H2,1-4H3,(H,43,44,45,46). The fraction of sp³-hybridized carbons (Fsp3) is 0.316. The van der Waals surface area contributed by atoms with Gasteiger partial charge in [0.1, 0.15) is 33.5 Å². The summed E-state index contributed by atoms with van der Waals surface area (Å²) in [5.74, 6) is 0.917. The number of carbonyl (C=O) groups is 1. The first kappa shape index (κ1) is 35.6. The molecule has 1 aliphatic heterocycles. The van der Waals surface area contributed by atoms with Crippen LogP contribution in [-0.2, 0) is 11.3 Å². The number of ether oxygens (including phenoxy) is 2. The molecule has 0 bridgehead atoms. The van der Waals surface area contributed by atoms with Crippen LogP contribution in [-0.4, -0.2) is 55.9 Å². The normalized spacial score (nSPS) is 14.1. The topological polar surface area (TPSA) is 142 Å². The number of aromatic nitrogens is 5. The number of rotatable bonds is 14. The average molecular weight is 723 g/mol. The molecule has 3 heterocycles. The van der Waals surface area contributed by atoms with E-state index in [-0.39, 0.29) is 12.8 Å². The maximum atomic E-state index is 13.5. The van der Waals surface area contributed by atoms with Gasteiger partial charge in [-0.05, 0) is 65.8 Å². The highest BCUT2D eigenvalue weighted by Gasteiger charge is 2.31. The van der Waals surface area contributed by atoms with Gasteiger partial charge in [0, 0.05) is 17.7 Å². The summed E-state index contributed by atoms with van der Waals surface area (Å²) in [4.78, 5) is 20.7. The van der Waals surface area contributed by atoms with E-state index in [1.54, 1.807) is 19.1 Å². The number of carbonyl (C=O) groups excluding carboxylic acids is 1. The van der Waals surface area contributed by atoms with Crippen molar-refractivity contribution in [3.8, 4) is 44.9 Å². The number of H-pyrrole nitrogens is 1. The molecule has 0 aliphatic carbocycles. The molecule has 262 valence electrons. The van der Waals surface area contributed by atoms with Crippen LogP contribution in [0.1, 0.15) is 66.5 Å². The van der Waals surface area contributed by atoms with Crippen LogP contribution >= 0.6 is 22.9 Å². The highest BCUT2D eigenvalue weighted by atomic mass is 35.5. The number of nitrogens with zero attached hydrogens (tertiary/aromatic N) is 6. The van der Waals surface area contributed by atoms with Crippen molar-refractivity contribution in [3.05, 3.63) is 99.3 Å². The number of hydrogen-bond donors (Lipinski definition) is 2. The molecule has 0 spiro atoms. The van der Waals surface area contributed by atoms with E-state index in [1.165, 1.54) is 11.3 Å². The summed E-state index contributed by atoms with van der Waals surface area (Å²) >= 11 is 8.01. The summed E-state index contributed by atoms with van der Waals surface area (Å²) in [6.07, 6.45) is 2.89. The van der Waals surface area contributed by atoms with Gasteiger partial charge in [-0.2, -0.15) is 10.5 Å². The SMILES string of the molecule is CCCCC1NC(Cl)=C(COC(=O)c2sc(-c3ccc(OCC(C)C)c(C#N)c3)nc2C)N1Cc1ccc(-c2ccccc2-c2nn[nH]n2)cc1. The van der Waals surface area contributed by atoms with Gasteiger partial charge in [-0.1, -0.05) is 87.3 Å². The van der Waals surface area contributed by atoms with Crippen LogP contribution in [0.25, 0.3) is 33.1 Å². The molecule has 1 atom stereocenters. The number of benzene rings is 3. The Balaban J connectivity index is 1.16. The fourth-order valence-electron chi connectivity index (χ4n) is 5.83. The number of nitrogens with one attached hydrogen (secondary N) is 2. The molecule has 2 aromatic heterocycles. The molecule has 1 aliphatic rings. The number of esters is 1. The lowest BCUT2D eigenvalue weighted by molar-refractivity contribution is 0.0509. The summed E-state index contributed by atoms with van der Waals surface area (Å²) in [6.45, 7) is 9.12. The second-order valence-electron chi connectivity index (χ2n) is 12.7. The molecule has 1 unspecified atom stereocenters. The van der Waals surface area contributed by atoms with E-state index >= 15 is 0 Å². The van der Waals surface area contributed by atoms with Gasteiger partial charge in [0.05, 0.1) is 29.7 Å². The summed E-state index contributed by atoms with van der Waals surface area (Å²) in [5.41, 5.74) is 6.43. The van der Waals surface area contributed by atoms with E-state index in [1.807, 2.05) is 30.3 Å². The Morgan fingerprint density at radius 2 is 1.86 bits per heavy atom. The van der Waals surface area contributed by atoms with E-state index < -0.39 is 5.97 Å². The van der Waals surface area contributed by atoms with E-state index in [2.05, 4.69) is 86.9 Å². The second kappa shape index (κ2) is 16.2. The molecule has 0 radical (unpaired) electrons. The first-order chi connectivity index (χ1) is 24.7. The lowest BCUT2D eigenvalue weighted by atomic mass is 9.98. The third kappa shape index (κ3) is 8.22. The van der Waals surface area contributed by atoms with Gasteiger partial charge in [0.25, 0.3) is 0 Å². The van der Waals surface area contributed by atoms with Crippen molar-refractivity contribution in [1.82, 2.24) is 35.8 Å². The van der Waals surface area contributed by atoms with Crippen LogP contribution in [0.5, 0.6) is 5.75 Å². The van der Waals surface area contributed by atoms with Gasteiger partial charge in [-0.15, -0.1) is 21.5 Å². The number of halogens is 1. The van der Waals surface area contributed by atoms with Crippen LogP contribution in [0.3, 0.4) is 0 Å². The summed E-state index contributed by atoms with van der Waals surface area (Å²) < 4.78 is 11.7. The number of nitriles is 1. The van der Waals surface area contributed by atoms with Crippen LogP contribution < -0.4 is 10.1 Å². The molecule has 0 amide bonds. The number of unbranched alkanes of at least 4 members (excludes halogenated alkanes) is 1. The zero-order chi connectivity index (χ0) is 35.9. The molecule has 6 rings (SSSR count). The van der Waals surface area contributed by atoms with Crippen molar-refractivity contribution >= 4 is 28.9 Å². The molecule has 0 saturated carbocycles. The van der Waals surface area contributed by atoms with Crippen molar-refractivity contribution in [3.63, 3.8) is 0 Å². The van der Waals surface area contributed by atoms with Gasteiger partial charge >= 0.3 is 5.97 Å². The van der Waals surface area contributed by atoms with Crippen molar-refractivity contribution in [2.24, 2.45) is 5.92 Å². The van der Waals surface area contributed by atoms with Crippen LogP contribution in [0.15, 0.2) is 77.6 Å². The zero-order valence-electron chi connectivity index (χ0n) is 28.9. The molecule has 11 nitrogen and oxygen atoms in total. The predicted molar refractivity (Wildman–Crippen MR) is 198 cm³/mol. The third-order valence-electron chi connectivity index (χ3n) is 8.47. The summed E-state index contributed by atoms with van der Waals surface area (Å²) in [5, 5.41) is 28.8. The molecule has 51 heavy (non-hydrogen) atoms. The van der Waals surface area contributed by atoms with Gasteiger partial charge in [0.15, 0.2) is 0 Å². The molecular formula is C38H39ClN8O3S. The molecule has 2 N–H and O–H groups in total. The fourth-order valence-corrected chi connectivity index (χ4v) is 7.08. The van der Waals surface area contributed by atoms with Crippen molar-refractivity contribution in [2.75, 3.05) is 13.2 Å². The number of aryl methyl sites for hydroxylation is 1. The van der Waals surface area contributed by atoms with Crippen LogP contribution in [0, 0.1) is 24.2 Å². The number of aromatic amines is 1. The molecule has 3 aromatic carbocycles. The van der Waals surface area contributed by atoms with E-state index in [9.17, 15) is 10.1 Å². The smallest absolute Gasteiger partial charge is 0.350 e. The minimum atomic E-state index is -0.479. The van der Waals surface area contributed by atoms with E-state index in [0.29, 0.717) is 56.9 Å². The Labute approximate surface area is 306 Å². The number of hydrogen-bond acceptors (Lipinski definition) is 11. The Kier molecular flexibility index (Phi) is 11.3. The summed E-state index contributed by atoms with van der Waals surface area (Å²) in [7, 11) is 0. The van der Waals surface area contributed by atoms with Crippen molar-refractivity contribution in [1.29, 1.82) is 5.26 Å². The highest BCUT2D eigenvalue weighted by molar-refractivity contribution is 7.17. The monoisotopic (exact) mass is 722 g/mol. The first-order valence-corrected chi connectivity index (χ1v) is 18.1. The van der Waals surface area contributed by atoms with Gasteiger partial charge in [-0.3, -0.25) is 0 Å². The maximum absolute atomic E-state index is 13.5. The zero-order valence-corrected chi connectivity index (χ0v) is 30.5. The highest BCUT2D eigenvalue weighted by Crippen LogP contribution is 2.34. The van der Waals surface area contributed by atoms with Crippen molar-refractivity contribution < 1.29 is 14.3 Å². The predicted octanol–water partition coefficient (Wildman–Crippen LogP) is 8.06. The van der Waals surface area contributed by atoms with E-state index in [4.69, 9.17) is 21.1 Å². The molecule has 0 fully saturated rings. The summed E-state index contributed by atoms with van der Waals surface area (Å²) in [6, 6.07) is 23.9. The molecule has 13 heteroatoms. The largest absolute Gasteiger partial charge is 0.492 e. The molecule has 5 aromatic rings. The lowest BCUT2D eigenvalue weighted by Gasteiger charge is -2.29. The van der Waals surface area contributed by atoms with Crippen LogP contribution in [0.4, 0.5) is 0 Å². The maximum Gasteiger partial charge on any atom is 0.350 e. The number of tetrazole rings is 1. The third-order valence-corrected chi connectivity index (χ3v) is 9.99. The lowest BCUT2D eigenvalue weighted by Crippen LogP contribution is -2.37. The Bertz CT molecular complexity index is 2050. The van der Waals surface area contributed by atoms with Gasteiger partial charge < -0.3 is 19.7 Å². The average Bonchev–Trinajstić information content (AvgIpc) is 3.89. The van der Waals surface area contributed by atoms with Crippen molar-refractivity contribution in [2.45, 2.75) is 59.7 Å². The van der Waals surface area contributed by atoms with Crippen LogP contribution in [0.2, 0.25) is 0 Å². The molecule has 0 saturated heterocycles.